The zero-order valence-electron chi connectivity index (χ0n) is 7.30. The Morgan fingerprint density at radius 3 is 2.69 bits per heavy atom. The highest BCUT2D eigenvalue weighted by Crippen LogP contribution is 2.27. The standard InChI is InChI=1S/C10H12BrFS/c11-9-5-1-2-6-10(9)13-8-4-3-7-12/h1-2,5-6H,3-4,7-8H2. The lowest BCUT2D eigenvalue weighted by atomic mass is 10.4. The Labute approximate surface area is 91.0 Å². The van der Waals surface area contributed by atoms with E-state index in [2.05, 4.69) is 22.0 Å². The van der Waals surface area contributed by atoms with E-state index in [1.54, 1.807) is 11.8 Å². The van der Waals surface area contributed by atoms with Crippen LogP contribution < -0.4 is 0 Å². The lowest BCUT2D eigenvalue weighted by Gasteiger charge is -2.02. The van der Waals surface area contributed by atoms with Crippen LogP contribution in [0.1, 0.15) is 12.8 Å². The van der Waals surface area contributed by atoms with Crippen LogP contribution in [-0.2, 0) is 0 Å². The van der Waals surface area contributed by atoms with Gasteiger partial charge in [0.2, 0.25) is 0 Å². The van der Waals surface area contributed by atoms with Gasteiger partial charge in [-0.05, 0) is 46.7 Å². The first-order valence-corrected chi connectivity index (χ1v) is 6.05. The van der Waals surface area contributed by atoms with Crippen LogP contribution in [0.15, 0.2) is 33.6 Å². The second-order valence-corrected chi connectivity index (χ2v) is 4.67. The summed E-state index contributed by atoms with van der Waals surface area (Å²) in [5.74, 6) is 0.993. The van der Waals surface area contributed by atoms with Gasteiger partial charge in [-0.15, -0.1) is 11.8 Å². The molecule has 0 unspecified atom stereocenters. The summed E-state index contributed by atoms with van der Waals surface area (Å²) in [7, 11) is 0. The van der Waals surface area contributed by atoms with E-state index in [1.807, 2.05) is 18.2 Å². The number of rotatable bonds is 5. The molecule has 0 N–H and O–H groups in total. The SMILES string of the molecule is FCCCCSc1ccccc1Br. The molecule has 0 bridgehead atoms. The molecule has 0 saturated carbocycles. The number of halogens is 2. The molecule has 13 heavy (non-hydrogen) atoms. The van der Waals surface area contributed by atoms with E-state index in [0.29, 0.717) is 6.42 Å². The van der Waals surface area contributed by atoms with Crippen molar-refractivity contribution in [2.24, 2.45) is 0 Å². The molecule has 0 spiro atoms. The van der Waals surface area contributed by atoms with Gasteiger partial charge in [-0.3, -0.25) is 4.39 Å². The van der Waals surface area contributed by atoms with Crippen LogP contribution in [0.2, 0.25) is 0 Å². The van der Waals surface area contributed by atoms with Crippen molar-refractivity contribution in [2.45, 2.75) is 17.7 Å². The average Bonchev–Trinajstić information content (AvgIpc) is 2.15. The average molecular weight is 263 g/mol. The summed E-state index contributed by atoms with van der Waals surface area (Å²) in [6, 6.07) is 8.11. The van der Waals surface area contributed by atoms with Gasteiger partial charge in [0.25, 0.3) is 0 Å². The molecule has 0 amide bonds. The largest absolute Gasteiger partial charge is 0.251 e. The summed E-state index contributed by atoms with van der Waals surface area (Å²) in [6.45, 7) is -0.198. The van der Waals surface area contributed by atoms with Gasteiger partial charge in [0.1, 0.15) is 0 Å². The van der Waals surface area contributed by atoms with E-state index in [1.165, 1.54) is 4.90 Å². The highest BCUT2D eigenvalue weighted by Gasteiger charge is 1.97. The van der Waals surface area contributed by atoms with Gasteiger partial charge < -0.3 is 0 Å². The molecule has 0 heterocycles. The summed E-state index contributed by atoms with van der Waals surface area (Å²) in [6.07, 6.45) is 1.62. The number of thioether (sulfide) groups is 1. The third-order valence-electron chi connectivity index (χ3n) is 1.62. The summed E-state index contributed by atoms with van der Waals surface area (Å²) >= 11 is 5.24. The zero-order chi connectivity index (χ0) is 9.52. The van der Waals surface area contributed by atoms with Crippen LogP contribution in [0, 0.1) is 0 Å². The maximum atomic E-state index is 11.8. The smallest absolute Gasteiger partial charge is 0.0894 e. The van der Waals surface area contributed by atoms with E-state index in [-0.39, 0.29) is 6.67 Å². The Hall–Kier alpha value is -0.0200. The molecule has 0 fully saturated rings. The predicted octanol–water partition coefficient (Wildman–Crippen LogP) is 4.29. The molecule has 0 saturated heterocycles. The Morgan fingerprint density at radius 1 is 1.23 bits per heavy atom. The first-order chi connectivity index (χ1) is 6.34. The van der Waals surface area contributed by atoms with E-state index in [9.17, 15) is 4.39 Å². The fourth-order valence-electron chi connectivity index (χ4n) is 0.940. The van der Waals surface area contributed by atoms with Crippen LogP contribution in [0.25, 0.3) is 0 Å². The van der Waals surface area contributed by atoms with E-state index in [4.69, 9.17) is 0 Å². The highest BCUT2D eigenvalue weighted by atomic mass is 79.9. The van der Waals surface area contributed by atoms with Crippen molar-refractivity contribution < 1.29 is 4.39 Å². The Bertz CT molecular complexity index is 252. The van der Waals surface area contributed by atoms with Gasteiger partial charge in [-0.1, -0.05) is 12.1 Å². The molecule has 0 aromatic heterocycles. The minimum Gasteiger partial charge on any atom is -0.251 e. The number of benzene rings is 1. The molecule has 72 valence electrons. The van der Waals surface area contributed by atoms with Crippen molar-refractivity contribution in [2.75, 3.05) is 12.4 Å². The lowest BCUT2D eigenvalue weighted by molar-refractivity contribution is 0.470. The third kappa shape index (κ3) is 4.14. The predicted molar refractivity (Wildman–Crippen MR) is 60.1 cm³/mol. The minimum absolute atomic E-state index is 0.198. The number of unbranched alkanes of at least 4 members (excludes halogenated alkanes) is 1. The van der Waals surface area contributed by atoms with E-state index in [0.717, 1.165) is 16.6 Å². The topological polar surface area (TPSA) is 0 Å². The summed E-state index contributed by atoms with van der Waals surface area (Å²) < 4.78 is 12.9. The molecule has 0 aliphatic rings. The number of alkyl halides is 1. The van der Waals surface area contributed by atoms with E-state index < -0.39 is 0 Å². The van der Waals surface area contributed by atoms with E-state index >= 15 is 0 Å². The van der Waals surface area contributed by atoms with Crippen LogP contribution in [0.5, 0.6) is 0 Å². The summed E-state index contributed by atoms with van der Waals surface area (Å²) in [5.41, 5.74) is 0. The molecule has 0 radical (unpaired) electrons. The third-order valence-corrected chi connectivity index (χ3v) is 3.74. The molecular formula is C10H12BrFS. The Balaban J connectivity index is 2.32. The number of hydrogen-bond donors (Lipinski definition) is 0. The second kappa shape index (κ2) is 6.44. The maximum absolute atomic E-state index is 11.8. The van der Waals surface area contributed by atoms with Gasteiger partial charge in [0.15, 0.2) is 0 Å². The molecule has 0 nitrogen and oxygen atoms in total. The molecule has 0 aliphatic carbocycles. The Kier molecular flexibility index (Phi) is 5.47. The maximum Gasteiger partial charge on any atom is 0.0894 e. The highest BCUT2D eigenvalue weighted by molar-refractivity contribution is 9.10. The fraction of sp³-hybridized carbons (Fsp3) is 0.400. The van der Waals surface area contributed by atoms with Crippen molar-refractivity contribution in [3.63, 3.8) is 0 Å². The van der Waals surface area contributed by atoms with Gasteiger partial charge in [0.05, 0.1) is 6.67 Å². The monoisotopic (exact) mass is 262 g/mol. The fourth-order valence-corrected chi connectivity index (χ4v) is 2.52. The molecule has 1 rings (SSSR count). The second-order valence-electron chi connectivity index (χ2n) is 2.67. The molecule has 0 atom stereocenters. The van der Waals surface area contributed by atoms with Gasteiger partial charge in [-0.25, -0.2) is 0 Å². The molecule has 0 aliphatic heterocycles. The summed E-state index contributed by atoms with van der Waals surface area (Å²) in [5, 5.41) is 0. The molecular weight excluding hydrogens is 251 g/mol. The minimum atomic E-state index is -0.198. The molecule has 3 heteroatoms. The van der Waals surface area contributed by atoms with Crippen LogP contribution >= 0.6 is 27.7 Å². The van der Waals surface area contributed by atoms with Crippen LogP contribution in [-0.4, -0.2) is 12.4 Å². The molecule has 1 aromatic rings. The Morgan fingerprint density at radius 2 is 2.00 bits per heavy atom. The first-order valence-electron chi connectivity index (χ1n) is 4.28. The van der Waals surface area contributed by atoms with Crippen molar-refractivity contribution >= 4 is 27.7 Å². The lowest BCUT2D eigenvalue weighted by Crippen LogP contribution is -1.82. The number of hydrogen-bond acceptors (Lipinski definition) is 1. The zero-order valence-corrected chi connectivity index (χ0v) is 9.70. The van der Waals surface area contributed by atoms with Crippen molar-refractivity contribution in [3.8, 4) is 0 Å². The van der Waals surface area contributed by atoms with Crippen molar-refractivity contribution in [3.05, 3.63) is 28.7 Å². The summed E-state index contributed by atoms with van der Waals surface area (Å²) in [4.78, 5) is 1.24. The van der Waals surface area contributed by atoms with Crippen LogP contribution in [0.3, 0.4) is 0 Å². The normalized spacial score (nSPS) is 10.3. The van der Waals surface area contributed by atoms with Crippen LogP contribution in [0.4, 0.5) is 4.39 Å². The first kappa shape index (κ1) is 11.1. The van der Waals surface area contributed by atoms with Crippen molar-refractivity contribution in [1.82, 2.24) is 0 Å². The van der Waals surface area contributed by atoms with Gasteiger partial charge >= 0.3 is 0 Å². The molecule has 1 aromatic carbocycles. The van der Waals surface area contributed by atoms with Gasteiger partial charge in [-0.2, -0.15) is 0 Å². The van der Waals surface area contributed by atoms with Crippen molar-refractivity contribution in [1.29, 1.82) is 0 Å². The quantitative estimate of drug-likeness (QED) is 0.564. The van der Waals surface area contributed by atoms with Gasteiger partial charge in [0, 0.05) is 9.37 Å².